The number of nitrogens with one attached hydrogen (secondary N) is 2. The monoisotopic (exact) mass is 299 g/mol. The van der Waals surface area contributed by atoms with Crippen molar-refractivity contribution in [3.63, 3.8) is 0 Å². The Hall–Kier alpha value is -1.79. The van der Waals surface area contributed by atoms with Gasteiger partial charge in [0, 0.05) is 33.6 Å². The Kier molecular flexibility index (Phi) is 6.45. The summed E-state index contributed by atoms with van der Waals surface area (Å²) >= 11 is 0. The van der Waals surface area contributed by atoms with Crippen LogP contribution in [0.3, 0.4) is 0 Å². The van der Waals surface area contributed by atoms with E-state index in [1.165, 1.54) is 4.90 Å². The van der Waals surface area contributed by atoms with Crippen LogP contribution >= 0.6 is 0 Å². The molecule has 1 aliphatic rings. The van der Waals surface area contributed by atoms with Gasteiger partial charge in [0.2, 0.25) is 5.91 Å². The van der Waals surface area contributed by atoms with Crippen molar-refractivity contribution in [1.82, 2.24) is 15.5 Å². The highest BCUT2D eigenvalue weighted by Crippen LogP contribution is 2.35. The van der Waals surface area contributed by atoms with E-state index in [1.807, 2.05) is 0 Å². The van der Waals surface area contributed by atoms with Crippen LogP contribution in [-0.4, -0.2) is 55.1 Å². The van der Waals surface area contributed by atoms with E-state index in [4.69, 9.17) is 0 Å². The first-order valence-electron chi connectivity index (χ1n) is 7.34. The molecule has 0 bridgehead atoms. The molecule has 0 saturated heterocycles. The minimum Gasteiger partial charge on any atom is -0.481 e. The van der Waals surface area contributed by atoms with Crippen LogP contribution in [0.25, 0.3) is 0 Å². The number of urea groups is 1. The zero-order chi connectivity index (χ0) is 15.9. The van der Waals surface area contributed by atoms with E-state index >= 15 is 0 Å². The molecule has 3 N–H and O–H groups in total. The van der Waals surface area contributed by atoms with Gasteiger partial charge in [-0.15, -0.1) is 0 Å². The summed E-state index contributed by atoms with van der Waals surface area (Å²) in [6, 6.07) is -0.342. The molecule has 0 unspecified atom stereocenters. The van der Waals surface area contributed by atoms with Crippen LogP contribution in [0.2, 0.25) is 0 Å². The number of hydrogen-bond donors (Lipinski definition) is 3. The third-order valence-corrected chi connectivity index (χ3v) is 4.14. The summed E-state index contributed by atoms with van der Waals surface area (Å²) < 4.78 is 0. The van der Waals surface area contributed by atoms with Gasteiger partial charge in [-0.1, -0.05) is 19.3 Å². The molecular weight excluding hydrogens is 274 g/mol. The lowest BCUT2D eigenvalue weighted by Gasteiger charge is -2.33. The molecule has 1 fully saturated rings. The largest absolute Gasteiger partial charge is 0.481 e. The van der Waals surface area contributed by atoms with Gasteiger partial charge in [-0.25, -0.2) is 4.79 Å². The lowest BCUT2D eigenvalue weighted by atomic mass is 9.74. The van der Waals surface area contributed by atoms with Gasteiger partial charge in [0.1, 0.15) is 0 Å². The Bertz CT molecular complexity index is 392. The fourth-order valence-electron chi connectivity index (χ4n) is 2.57. The third-order valence-electron chi connectivity index (χ3n) is 4.14. The second-order valence-corrected chi connectivity index (χ2v) is 5.65. The Morgan fingerprint density at radius 3 is 2.33 bits per heavy atom. The minimum absolute atomic E-state index is 0.135. The summed E-state index contributed by atoms with van der Waals surface area (Å²) in [5, 5.41) is 14.6. The maximum Gasteiger partial charge on any atom is 0.317 e. The van der Waals surface area contributed by atoms with Crippen LogP contribution in [0.5, 0.6) is 0 Å². The van der Waals surface area contributed by atoms with Crippen LogP contribution in [0, 0.1) is 5.41 Å². The summed E-state index contributed by atoms with van der Waals surface area (Å²) in [5.41, 5.74) is -0.838. The Balaban J connectivity index is 2.46. The van der Waals surface area contributed by atoms with Crippen molar-refractivity contribution in [3.05, 3.63) is 0 Å². The zero-order valence-electron chi connectivity index (χ0n) is 12.8. The van der Waals surface area contributed by atoms with Gasteiger partial charge in [0.25, 0.3) is 0 Å². The first-order chi connectivity index (χ1) is 9.91. The van der Waals surface area contributed by atoms with Crippen molar-refractivity contribution in [2.45, 2.75) is 38.5 Å². The van der Waals surface area contributed by atoms with Crippen LogP contribution in [0.4, 0.5) is 4.79 Å². The highest BCUT2D eigenvalue weighted by Gasteiger charge is 2.39. The maximum atomic E-state index is 11.9. The third kappa shape index (κ3) is 4.91. The second kappa shape index (κ2) is 7.85. The van der Waals surface area contributed by atoms with Gasteiger partial charge < -0.3 is 20.6 Å². The Morgan fingerprint density at radius 2 is 1.81 bits per heavy atom. The molecular formula is C14H25N3O4. The van der Waals surface area contributed by atoms with E-state index in [-0.39, 0.29) is 24.9 Å². The minimum atomic E-state index is -0.838. The molecule has 0 atom stereocenters. The molecule has 21 heavy (non-hydrogen) atoms. The normalized spacial score (nSPS) is 16.9. The summed E-state index contributed by atoms with van der Waals surface area (Å²) in [5.74, 6) is -0.973. The number of aliphatic carboxylic acids is 1. The van der Waals surface area contributed by atoms with E-state index in [1.54, 1.807) is 14.1 Å². The summed E-state index contributed by atoms with van der Waals surface area (Å²) in [4.78, 5) is 36.0. The number of carbonyl (C=O) groups is 3. The van der Waals surface area contributed by atoms with Crippen LogP contribution in [0.15, 0.2) is 0 Å². The van der Waals surface area contributed by atoms with Gasteiger partial charge in [-0.05, 0) is 12.8 Å². The molecule has 1 aliphatic carbocycles. The molecule has 0 aromatic heterocycles. The zero-order valence-corrected chi connectivity index (χ0v) is 12.8. The highest BCUT2D eigenvalue weighted by molar-refractivity contribution is 5.79. The summed E-state index contributed by atoms with van der Waals surface area (Å²) in [6.07, 6.45) is 4.25. The number of nitrogens with zero attached hydrogens (tertiary/aromatic N) is 1. The van der Waals surface area contributed by atoms with Gasteiger partial charge in [-0.3, -0.25) is 9.59 Å². The van der Waals surface area contributed by atoms with Crippen molar-refractivity contribution in [3.8, 4) is 0 Å². The first-order valence-corrected chi connectivity index (χ1v) is 7.34. The molecule has 0 heterocycles. The molecule has 0 aromatic rings. The summed E-state index contributed by atoms with van der Waals surface area (Å²) in [7, 11) is 3.13. The molecule has 1 rings (SSSR count). The van der Waals surface area contributed by atoms with Gasteiger partial charge in [0.15, 0.2) is 0 Å². The second-order valence-electron chi connectivity index (χ2n) is 5.65. The van der Waals surface area contributed by atoms with Crippen LogP contribution in [0.1, 0.15) is 38.5 Å². The average Bonchev–Trinajstić information content (AvgIpc) is 2.50. The first kappa shape index (κ1) is 17.3. The van der Waals surface area contributed by atoms with Crippen LogP contribution < -0.4 is 10.6 Å². The number of carboxylic acid groups (broad SMARTS) is 1. The average molecular weight is 299 g/mol. The van der Waals surface area contributed by atoms with Crippen molar-refractivity contribution < 1.29 is 19.5 Å². The van der Waals surface area contributed by atoms with E-state index in [2.05, 4.69) is 10.6 Å². The number of hydrogen-bond acceptors (Lipinski definition) is 3. The lowest BCUT2D eigenvalue weighted by molar-refractivity contribution is -0.150. The van der Waals surface area contributed by atoms with Crippen molar-refractivity contribution >= 4 is 17.9 Å². The number of rotatable bonds is 6. The predicted octanol–water partition coefficient (Wildman–Crippen LogP) is 0.799. The lowest BCUT2D eigenvalue weighted by Crippen LogP contribution is -2.48. The quantitative estimate of drug-likeness (QED) is 0.675. The maximum absolute atomic E-state index is 11.9. The molecule has 1 saturated carbocycles. The molecule has 7 nitrogen and oxygen atoms in total. The molecule has 7 heteroatoms. The highest BCUT2D eigenvalue weighted by atomic mass is 16.4. The van der Waals surface area contributed by atoms with Crippen molar-refractivity contribution in [2.75, 3.05) is 27.2 Å². The molecule has 0 aromatic carbocycles. The number of carboxylic acids is 1. The smallest absolute Gasteiger partial charge is 0.317 e. The van der Waals surface area contributed by atoms with Crippen LogP contribution in [-0.2, 0) is 9.59 Å². The van der Waals surface area contributed by atoms with Gasteiger partial charge in [-0.2, -0.15) is 0 Å². The Morgan fingerprint density at radius 1 is 1.19 bits per heavy atom. The van der Waals surface area contributed by atoms with Crippen molar-refractivity contribution in [1.29, 1.82) is 0 Å². The molecule has 3 amide bonds. The topological polar surface area (TPSA) is 98.7 Å². The summed E-state index contributed by atoms with van der Waals surface area (Å²) in [6.45, 7) is 0.442. The predicted molar refractivity (Wildman–Crippen MR) is 77.9 cm³/mol. The van der Waals surface area contributed by atoms with Gasteiger partial charge in [0.05, 0.1) is 5.41 Å². The molecule has 0 spiro atoms. The van der Waals surface area contributed by atoms with E-state index in [0.29, 0.717) is 19.4 Å². The Labute approximate surface area is 125 Å². The fourth-order valence-corrected chi connectivity index (χ4v) is 2.57. The van der Waals surface area contributed by atoms with E-state index in [9.17, 15) is 19.5 Å². The fraction of sp³-hybridized carbons (Fsp3) is 0.786. The standard InChI is InChI=1S/C14H25N3O4/c1-15-11(18)6-9-17(2)13(21)16-10-14(12(19)20)7-4-3-5-8-14/h3-10H2,1-2H3,(H,15,18)(H,16,21)(H,19,20). The number of carbonyl (C=O) groups excluding carboxylic acids is 2. The molecule has 120 valence electrons. The number of amides is 3. The molecule has 0 radical (unpaired) electrons. The SMILES string of the molecule is CNC(=O)CCN(C)C(=O)NCC1(C(=O)O)CCCCC1. The molecule has 0 aliphatic heterocycles. The van der Waals surface area contributed by atoms with Crippen molar-refractivity contribution in [2.24, 2.45) is 5.41 Å². The van der Waals surface area contributed by atoms with E-state index < -0.39 is 11.4 Å². The van der Waals surface area contributed by atoms with Gasteiger partial charge >= 0.3 is 12.0 Å². The van der Waals surface area contributed by atoms with E-state index in [0.717, 1.165) is 19.3 Å².